The molecule has 0 unspecified atom stereocenters. The lowest BCUT2D eigenvalue weighted by Gasteiger charge is -2.09. The van der Waals surface area contributed by atoms with Crippen LogP contribution < -0.4 is 5.32 Å². The normalized spacial score (nSPS) is 11.6. The molecule has 0 radical (unpaired) electrons. The molecular weight excluding hydrogens is 436 g/mol. The maximum atomic E-state index is 6.09. The molecule has 3 heterocycles. The van der Waals surface area contributed by atoms with Crippen LogP contribution >= 0.6 is 22.9 Å². The van der Waals surface area contributed by atoms with Crippen LogP contribution in [0.3, 0.4) is 0 Å². The standard InChI is InChI=1S/C26H19ClN4S/c1-2-15-4-3-5-20-19-11-10-18(12-22(19)31-24(15)20)30-25-23-21(13-32-26(23)29-14-28-25)16-6-8-17(27)9-7-16/h3-14,31H,2H2,1H3,(H,28,29,30). The largest absolute Gasteiger partial charge is 0.354 e. The lowest BCUT2D eigenvalue weighted by atomic mass is 10.1. The lowest BCUT2D eigenvalue weighted by Crippen LogP contribution is -1.95. The van der Waals surface area contributed by atoms with Gasteiger partial charge >= 0.3 is 0 Å². The number of aromatic amines is 1. The van der Waals surface area contributed by atoms with Crippen LogP contribution in [0.1, 0.15) is 12.5 Å². The van der Waals surface area contributed by atoms with Gasteiger partial charge in [-0.3, -0.25) is 0 Å². The minimum atomic E-state index is 0.723. The first-order valence-corrected chi connectivity index (χ1v) is 11.8. The van der Waals surface area contributed by atoms with Gasteiger partial charge in [0.05, 0.1) is 5.39 Å². The van der Waals surface area contributed by atoms with Crippen LogP contribution in [0, 0.1) is 0 Å². The van der Waals surface area contributed by atoms with Gasteiger partial charge in [-0.2, -0.15) is 0 Å². The van der Waals surface area contributed by atoms with E-state index < -0.39 is 0 Å². The number of aryl methyl sites for hydroxylation is 1. The Balaban J connectivity index is 1.45. The van der Waals surface area contributed by atoms with E-state index in [1.807, 2.05) is 24.3 Å². The summed E-state index contributed by atoms with van der Waals surface area (Å²) in [5.74, 6) is 0.797. The summed E-state index contributed by atoms with van der Waals surface area (Å²) in [6, 6.07) is 20.8. The van der Waals surface area contributed by atoms with Crippen molar-refractivity contribution < 1.29 is 0 Å². The molecule has 0 saturated carbocycles. The second kappa shape index (κ2) is 7.62. The fourth-order valence-electron chi connectivity index (χ4n) is 4.31. The number of H-pyrrole nitrogens is 1. The topological polar surface area (TPSA) is 53.6 Å². The molecule has 3 aromatic heterocycles. The van der Waals surface area contributed by atoms with Crippen molar-refractivity contribution in [2.45, 2.75) is 13.3 Å². The predicted octanol–water partition coefficient (Wildman–Crippen LogP) is 7.95. The highest BCUT2D eigenvalue weighted by atomic mass is 35.5. The number of thiophene rings is 1. The number of fused-ring (bicyclic) bond motifs is 4. The summed E-state index contributed by atoms with van der Waals surface area (Å²) < 4.78 is 0. The molecule has 6 rings (SSSR count). The number of halogens is 1. The monoisotopic (exact) mass is 454 g/mol. The number of benzene rings is 3. The maximum Gasteiger partial charge on any atom is 0.143 e. The van der Waals surface area contributed by atoms with Crippen molar-refractivity contribution in [1.82, 2.24) is 15.0 Å². The first-order valence-electron chi connectivity index (χ1n) is 10.5. The first-order chi connectivity index (χ1) is 15.7. The third-order valence-corrected chi connectivity index (χ3v) is 7.03. The van der Waals surface area contributed by atoms with E-state index in [4.69, 9.17) is 11.6 Å². The second-order valence-corrected chi connectivity index (χ2v) is 9.06. The highest BCUT2D eigenvalue weighted by Crippen LogP contribution is 2.38. The Morgan fingerprint density at radius 3 is 2.72 bits per heavy atom. The average Bonchev–Trinajstić information content (AvgIpc) is 3.41. The molecule has 3 aromatic carbocycles. The highest BCUT2D eigenvalue weighted by molar-refractivity contribution is 7.17. The van der Waals surface area contributed by atoms with E-state index >= 15 is 0 Å². The van der Waals surface area contributed by atoms with Crippen molar-refractivity contribution in [3.05, 3.63) is 83.0 Å². The number of anilines is 2. The van der Waals surface area contributed by atoms with Gasteiger partial charge in [0.15, 0.2) is 0 Å². The number of hydrogen-bond acceptors (Lipinski definition) is 4. The molecule has 0 aliphatic carbocycles. The number of nitrogens with one attached hydrogen (secondary N) is 2. The Morgan fingerprint density at radius 2 is 1.88 bits per heavy atom. The zero-order valence-corrected chi connectivity index (χ0v) is 18.9. The van der Waals surface area contributed by atoms with Gasteiger partial charge in [-0.05, 0) is 41.8 Å². The Kier molecular flexibility index (Phi) is 4.59. The Hall–Kier alpha value is -3.41. The molecule has 0 aliphatic heterocycles. The maximum absolute atomic E-state index is 6.09. The average molecular weight is 455 g/mol. The van der Waals surface area contributed by atoms with Gasteiger partial charge in [0, 0.05) is 43.5 Å². The number of nitrogens with zero attached hydrogens (tertiary/aromatic N) is 2. The van der Waals surface area contributed by atoms with E-state index in [1.165, 1.54) is 21.9 Å². The van der Waals surface area contributed by atoms with Crippen molar-refractivity contribution in [2.75, 3.05) is 5.32 Å². The van der Waals surface area contributed by atoms with E-state index in [0.717, 1.165) is 49.8 Å². The summed E-state index contributed by atoms with van der Waals surface area (Å²) in [6.45, 7) is 2.19. The van der Waals surface area contributed by atoms with Gasteiger partial charge in [-0.25, -0.2) is 9.97 Å². The molecule has 6 aromatic rings. The molecule has 0 atom stereocenters. The molecule has 0 spiro atoms. The molecule has 0 aliphatic rings. The van der Waals surface area contributed by atoms with E-state index in [1.54, 1.807) is 17.7 Å². The lowest BCUT2D eigenvalue weighted by molar-refractivity contribution is 1.15. The molecule has 0 fully saturated rings. The summed E-state index contributed by atoms with van der Waals surface area (Å²) in [5, 5.41) is 9.89. The molecule has 4 nitrogen and oxygen atoms in total. The van der Waals surface area contributed by atoms with Crippen LogP contribution in [0.5, 0.6) is 0 Å². The molecule has 0 amide bonds. The Labute approximate surface area is 193 Å². The molecule has 0 bridgehead atoms. The van der Waals surface area contributed by atoms with Crippen molar-refractivity contribution in [2.24, 2.45) is 0 Å². The van der Waals surface area contributed by atoms with Gasteiger partial charge in [0.25, 0.3) is 0 Å². The van der Waals surface area contributed by atoms with Gasteiger partial charge < -0.3 is 10.3 Å². The summed E-state index contributed by atoms with van der Waals surface area (Å²) in [6.07, 6.45) is 2.61. The third-order valence-electron chi connectivity index (χ3n) is 5.89. The molecule has 156 valence electrons. The van der Waals surface area contributed by atoms with Crippen molar-refractivity contribution >= 4 is 66.5 Å². The van der Waals surface area contributed by atoms with E-state index in [0.29, 0.717) is 0 Å². The van der Waals surface area contributed by atoms with E-state index in [2.05, 4.69) is 69.0 Å². The van der Waals surface area contributed by atoms with Crippen LogP contribution in [0.2, 0.25) is 5.02 Å². The SMILES string of the molecule is CCc1cccc2c1[nH]c1cc(Nc3ncnc4scc(-c5ccc(Cl)cc5)c34)ccc12. The Bertz CT molecular complexity index is 1600. The predicted molar refractivity (Wildman–Crippen MR) is 136 cm³/mol. The minimum Gasteiger partial charge on any atom is -0.354 e. The van der Waals surface area contributed by atoms with Gasteiger partial charge in [0.1, 0.15) is 17.0 Å². The molecule has 2 N–H and O–H groups in total. The fourth-order valence-corrected chi connectivity index (χ4v) is 5.35. The smallest absolute Gasteiger partial charge is 0.143 e. The van der Waals surface area contributed by atoms with Crippen LogP contribution in [-0.4, -0.2) is 15.0 Å². The van der Waals surface area contributed by atoms with E-state index in [9.17, 15) is 0 Å². The van der Waals surface area contributed by atoms with Gasteiger partial charge in [-0.1, -0.05) is 54.9 Å². The summed E-state index contributed by atoms with van der Waals surface area (Å²) in [7, 11) is 0. The van der Waals surface area contributed by atoms with Gasteiger partial charge in [-0.15, -0.1) is 11.3 Å². The first kappa shape index (κ1) is 19.3. The Morgan fingerprint density at radius 1 is 1.00 bits per heavy atom. The molecule has 0 saturated heterocycles. The highest BCUT2D eigenvalue weighted by Gasteiger charge is 2.14. The number of aromatic nitrogens is 3. The summed E-state index contributed by atoms with van der Waals surface area (Å²) >= 11 is 7.71. The quantitative estimate of drug-likeness (QED) is 0.284. The summed E-state index contributed by atoms with van der Waals surface area (Å²) in [5.41, 5.74) is 6.83. The van der Waals surface area contributed by atoms with Crippen LogP contribution in [0.25, 0.3) is 43.1 Å². The number of hydrogen-bond donors (Lipinski definition) is 2. The zero-order chi connectivity index (χ0) is 21.7. The van der Waals surface area contributed by atoms with Crippen LogP contribution in [0.15, 0.2) is 72.4 Å². The van der Waals surface area contributed by atoms with Crippen molar-refractivity contribution in [3.63, 3.8) is 0 Å². The van der Waals surface area contributed by atoms with Gasteiger partial charge in [0.2, 0.25) is 0 Å². The number of rotatable bonds is 4. The minimum absolute atomic E-state index is 0.723. The van der Waals surface area contributed by atoms with Crippen LogP contribution in [0.4, 0.5) is 11.5 Å². The van der Waals surface area contributed by atoms with Crippen molar-refractivity contribution in [3.8, 4) is 11.1 Å². The summed E-state index contributed by atoms with van der Waals surface area (Å²) in [4.78, 5) is 13.6. The molecular formula is C26H19ClN4S. The van der Waals surface area contributed by atoms with Crippen LogP contribution in [-0.2, 0) is 6.42 Å². The fraction of sp³-hybridized carbons (Fsp3) is 0.0769. The number of para-hydroxylation sites is 1. The molecule has 32 heavy (non-hydrogen) atoms. The third kappa shape index (κ3) is 3.13. The van der Waals surface area contributed by atoms with E-state index in [-0.39, 0.29) is 0 Å². The van der Waals surface area contributed by atoms with Crippen molar-refractivity contribution in [1.29, 1.82) is 0 Å². The molecule has 6 heteroatoms. The zero-order valence-electron chi connectivity index (χ0n) is 17.3. The second-order valence-electron chi connectivity index (χ2n) is 7.76.